The Labute approximate surface area is 141 Å². The van der Waals surface area contributed by atoms with E-state index in [1.165, 1.54) is 37.7 Å². The molecule has 1 aliphatic rings. The maximum Gasteiger partial charge on any atom is 0.146 e. The number of allylic oxidation sites excluding steroid dienone is 1. The summed E-state index contributed by atoms with van der Waals surface area (Å²) in [6.07, 6.45) is 6.98. The molecule has 0 amide bonds. The van der Waals surface area contributed by atoms with Crippen molar-refractivity contribution in [2.75, 3.05) is 0 Å². The molecule has 0 radical (unpaired) electrons. The van der Waals surface area contributed by atoms with E-state index in [0.717, 1.165) is 5.92 Å². The van der Waals surface area contributed by atoms with E-state index in [-0.39, 0.29) is 0 Å². The van der Waals surface area contributed by atoms with Crippen molar-refractivity contribution < 1.29 is 0 Å². The van der Waals surface area contributed by atoms with Crippen LogP contribution in [0, 0.1) is 23.3 Å². The van der Waals surface area contributed by atoms with Crippen molar-refractivity contribution in [2.24, 2.45) is 11.8 Å². The summed E-state index contributed by atoms with van der Waals surface area (Å²) in [6.45, 7) is 21.0. The molecule has 0 heterocycles. The molecule has 1 unspecified atom stereocenters. The summed E-state index contributed by atoms with van der Waals surface area (Å²) in [4.78, 5) is 0. The van der Waals surface area contributed by atoms with Gasteiger partial charge < -0.3 is 0 Å². The molecule has 1 atom stereocenters. The highest BCUT2D eigenvalue weighted by Gasteiger charge is 2.41. The third-order valence-corrected chi connectivity index (χ3v) is 12.5. The van der Waals surface area contributed by atoms with Gasteiger partial charge in [-0.15, -0.1) is 5.54 Å². The molecular weight excluding hydrogens is 280 g/mol. The summed E-state index contributed by atoms with van der Waals surface area (Å²) in [7, 11) is -1.61. The first kappa shape index (κ1) is 19.6. The highest BCUT2D eigenvalue weighted by atomic mass is 28.3. The van der Waals surface area contributed by atoms with E-state index >= 15 is 0 Å². The average Bonchev–Trinajstić information content (AvgIpc) is 2.46. The van der Waals surface area contributed by atoms with E-state index in [0.29, 0.717) is 22.5 Å². The second kappa shape index (κ2) is 8.39. The number of rotatable bonds is 5. The molecule has 0 aliphatic heterocycles. The van der Waals surface area contributed by atoms with Crippen LogP contribution in [0.5, 0.6) is 0 Å². The zero-order valence-electron chi connectivity index (χ0n) is 16.1. The largest absolute Gasteiger partial charge is 0.146 e. The third-order valence-electron chi connectivity index (χ3n) is 6.21. The van der Waals surface area contributed by atoms with Crippen LogP contribution in [0.2, 0.25) is 16.6 Å². The molecule has 0 N–H and O–H groups in total. The second-order valence-electron chi connectivity index (χ2n) is 8.36. The lowest BCUT2D eigenvalue weighted by Crippen LogP contribution is -2.43. The lowest BCUT2D eigenvalue weighted by Gasteiger charge is -2.38. The Bertz CT molecular complexity index is 391. The Hall–Kier alpha value is -0.483. The molecule has 1 saturated carbocycles. The summed E-state index contributed by atoms with van der Waals surface area (Å²) < 4.78 is 0. The Kier molecular flexibility index (Phi) is 7.46. The summed E-state index contributed by atoms with van der Waals surface area (Å²) in [6, 6.07) is 0. The van der Waals surface area contributed by atoms with E-state index in [1.807, 2.05) is 0 Å². The fourth-order valence-electron chi connectivity index (χ4n) is 4.65. The number of hydrogen-bond donors (Lipinski definition) is 0. The van der Waals surface area contributed by atoms with Crippen LogP contribution in [0.4, 0.5) is 0 Å². The zero-order chi connectivity index (χ0) is 16.9. The van der Waals surface area contributed by atoms with Gasteiger partial charge >= 0.3 is 0 Å². The maximum atomic E-state index is 4.36. The normalized spacial score (nSPS) is 18.5. The van der Waals surface area contributed by atoms with E-state index < -0.39 is 8.07 Å². The van der Waals surface area contributed by atoms with Gasteiger partial charge in [0, 0.05) is 0 Å². The van der Waals surface area contributed by atoms with Gasteiger partial charge in [0.15, 0.2) is 0 Å². The van der Waals surface area contributed by atoms with Crippen LogP contribution >= 0.6 is 0 Å². The Balaban J connectivity index is 2.94. The molecule has 126 valence electrons. The molecule has 22 heavy (non-hydrogen) atoms. The summed E-state index contributed by atoms with van der Waals surface area (Å²) in [5, 5.41) is 0. The molecule has 0 spiro atoms. The standard InChI is InChI=1S/C21H38Si/c1-16(2)22(17(3)4,18(5)6)15-14-19(7)20(8)21-12-10-9-11-13-21/h16-18,20-21H,7,9-13H2,1-6,8H3. The summed E-state index contributed by atoms with van der Waals surface area (Å²) in [5.74, 6) is 4.98. The molecule has 0 aromatic rings. The van der Waals surface area contributed by atoms with Crippen LogP contribution < -0.4 is 0 Å². The van der Waals surface area contributed by atoms with Gasteiger partial charge in [0.05, 0.1) is 0 Å². The van der Waals surface area contributed by atoms with Gasteiger partial charge in [-0.3, -0.25) is 0 Å². The lowest BCUT2D eigenvalue weighted by atomic mass is 9.78. The van der Waals surface area contributed by atoms with Crippen molar-refractivity contribution >= 4 is 8.07 Å². The van der Waals surface area contributed by atoms with Crippen molar-refractivity contribution in [2.45, 2.75) is 97.2 Å². The molecule has 1 heteroatoms. The van der Waals surface area contributed by atoms with E-state index in [4.69, 9.17) is 0 Å². The molecule has 1 fully saturated rings. The third kappa shape index (κ3) is 4.29. The van der Waals surface area contributed by atoms with Gasteiger partial charge in [0.2, 0.25) is 0 Å². The van der Waals surface area contributed by atoms with Gasteiger partial charge in [-0.25, -0.2) is 0 Å². The van der Waals surface area contributed by atoms with Crippen LogP contribution in [-0.4, -0.2) is 8.07 Å². The van der Waals surface area contributed by atoms with Gasteiger partial charge in [0.25, 0.3) is 0 Å². The van der Waals surface area contributed by atoms with E-state index in [9.17, 15) is 0 Å². The fourth-order valence-corrected chi connectivity index (χ4v) is 9.90. The minimum atomic E-state index is -1.61. The van der Waals surface area contributed by atoms with Crippen molar-refractivity contribution in [3.8, 4) is 11.5 Å². The molecule has 1 aliphatic carbocycles. The van der Waals surface area contributed by atoms with Crippen molar-refractivity contribution in [1.29, 1.82) is 0 Å². The van der Waals surface area contributed by atoms with Crippen LogP contribution in [0.3, 0.4) is 0 Å². The summed E-state index contributed by atoms with van der Waals surface area (Å²) >= 11 is 0. The molecular formula is C21H38Si. The monoisotopic (exact) mass is 318 g/mol. The van der Waals surface area contributed by atoms with Crippen LogP contribution in [0.25, 0.3) is 0 Å². The second-order valence-corrected chi connectivity index (χ2v) is 13.9. The smallest absolute Gasteiger partial charge is 0.125 e. The Morgan fingerprint density at radius 1 is 0.864 bits per heavy atom. The molecule has 1 rings (SSSR count). The minimum Gasteiger partial charge on any atom is -0.125 e. The first-order chi connectivity index (χ1) is 10.2. The maximum absolute atomic E-state index is 4.36. The zero-order valence-corrected chi connectivity index (χ0v) is 17.1. The van der Waals surface area contributed by atoms with Crippen LogP contribution in [-0.2, 0) is 0 Å². The molecule has 0 saturated heterocycles. The minimum absolute atomic E-state index is 0.575. The first-order valence-electron chi connectivity index (χ1n) is 9.45. The number of hydrogen-bond acceptors (Lipinski definition) is 0. The van der Waals surface area contributed by atoms with Crippen molar-refractivity contribution in [3.63, 3.8) is 0 Å². The first-order valence-corrected chi connectivity index (χ1v) is 11.7. The van der Waals surface area contributed by atoms with Crippen LogP contribution in [0.15, 0.2) is 12.2 Å². The SMILES string of the molecule is C=C(C#C[Si](C(C)C)(C(C)C)C(C)C)C(C)C1CCCCC1. The van der Waals surface area contributed by atoms with E-state index in [1.54, 1.807) is 0 Å². The molecule has 0 aromatic carbocycles. The van der Waals surface area contributed by atoms with Gasteiger partial charge in [0.1, 0.15) is 8.07 Å². The van der Waals surface area contributed by atoms with Crippen molar-refractivity contribution in [1.82, 2.24) is 0 Å². The average molecular weight is 319 g/mol. The van der Waals surface area contributed by atoms with E-state index in [2.05, 4.69) is 66.5 Å². The Morgan fingerprint density at radius 3 is 1.73 bits per heavy atom. The molecule has 0 nitrogen and oxygen atoms in total. The van der Waals surface area contributed by atoms with Gasteiger partial charge in [-0.05, 0) is 46.9 Å². The lowest BCUT2D eigenvalue weighted by molar-refractivity contribution is 0.295. The molecule has 0 aromatic heterocycles. The highest BCUT2D eigenvalue weighted by Crippen LogP contribution is 2.41. The topological polar surface area (TPSA) is 0 Å². The van der Waals surface area contributed by atoms with Crippen molar-refractivity contribution in [3.05, 3.63) is 12.2 Å². The predicted octanol–water partition coefficient (Wildman–Crippen LogP) is 6.98. The van der Waals surface area contributed by atoms with Crippen LogP contribution in [0.1, 0.15) is 80.6 Å². The Morgan fingerprint density at radius 2 is 1.32 bits per heavy atom. The highest BCUT2D eigenvalue weighted by molar-refractivity contribution is 6.90. The quantitative estimate of drug-likeness (QED) is 0.379. The van der Waals surface area contributed by atoms with Gasteiger partial charge in [-0.2, -0.15) is 0 Å². The summed E-state index contributed by atoms with van der Waals surface area (Å²) in [5.41, 5.74) is 7.16. The fraction of sp³-hybridized carbons (Fsp3) is 0.810. The van der Waals surface area contributed by atoms with Gasteiger partial charge in [-0.1, -0.05) is 80.2 Å². The molecule has 0 bridgehead atoms. The predicted molar refractivity (Wildman–Crippen MR) is 104 cm³/mol.